The smallest absolute Gasteiger partial charge is 0.255 e. The topological polar surface area (TPSA) is 52.7 Å². The van der Waals surface area contributed by atoms with E-state index in [9.17, 15) is 9.59 Å². The summed E-state index contributed by atoms with van der Waals surface area (Å²) in [5, 5.41) is 3.43. The molecule has 5 nitrogen and oxygen atoms in total. The van der Waals surface area contributed by atoms with E-state index in [1.54, 1.807) is 48.5 Å². The minimum Gasteiger partial charge on any atom is -0.336 e. The van der Waals surface area contributed by atoms with E-state index in [-0.39, 0.29) is 11.8 Å². The number of piperazine rings is 1. The fourth-order valence-corrected chi connectivity index (χ4v) is 3.08. The SMILES string of the molecule is CCN1CCN(C(=O)c2ccc(C(=O)Nc3ccc(Cl)cc3)cc2)CC1. The van der Waals surface area contributed by atoms with Gasteiger partial charge in [0.05, 0.1) is 0 Å². The molecular formula is C20H22ClN3O2. The highest BCUT2D eigenvalue weighted by atomic mass is 35.5. The number of rotatable bonds is 4. The average molecular weight is 372 g/mol. The van der Waals surface area contributed by atoms with Crippen molar-refractivity contribution in [3.8, 4) is 0 Å². The van der Waals surface area contributed by atoms with E-state index >= 15 is 0 Å². The van der Waals surface area contributed by atoms with Crippen molar-refractivity contribution in [3.05, 3.63) is 64.7 Å². The highest BCUT2D eigenvalue weighted by Gasteiger charge is 2.21. The van der Waals surface area contributed by atoms with E-state index in [1.165, 1.54) is 0 Å². The van der Waals surface area contributed by atoms with Crippen LogP contribution in [0, 0.1) is 0 Å². The van der Waals surface area contributed by atoms with Gasteiger partial charge >= 0.3 is 0 Å². The van der Waals surface area contributed by atoms with Crippen LogP contribution in [-0.4, -0.2) is 54.3 Å². The Balaban J connectivity index is 1.61. The summed E-state index contributed by atoms with van der Waals surface area (Å²) < 4.78 is 0. The van der Waals surface area contributed by atoms with Crippen LogP contribution in [0.3, 0.4) is 0 Å². The first kappa shape index (κ1) is 18.4. The highest BCUT2D eigenvalue weighted by Crippen LogP contribution is 2.15. The molecule has 1 fully saturated rings. The lowest BCUT2D eigenvalue weighted by Gasteiger charge is -2.34. The number of amides is 2. The van der Waals surface area contributed by atoms with Crippen LogP contribution in [0.5, 0.6) is 0 Å². The van der Waals surface area contributed by atoms with E-state index in [4.69, 9.17) is 11.6 Å². The van der Waals surface area contributed by atoms with Gasteiger partial charge in [0.2, 0.25) is 0 Å². The molecule has 3 rings (SSSR count). The Morgan fingerprint density at radius 3 is 2.08 bits per heavy atom. The monoisotopic (exact) mass is 371 g/mol. The molecule has 2 aromatic rings. The summed E-state index contributed by atoms with van der Waals surface area (Å²) in [4.78, 5) is 29.1. The number of likely N-dealkylation sites (N-methyl/N-ethyl adjacent to an activating group) is 1. The molecule has 1 saturated heterocycles. The van der Waals surface area contributed by atoms with Crippen molar-refractivity contribution in [1.29, 1.82) is 0 Å². The van der Waals surface area contributed by atoms with Gasteiger partial charge in [0.25, 0.3) is 11.8 Å². The number of anilines is 1. The van der Waals surface area contributed by atoms with Crippen molar-refractivity contribution in [2.75, 3.05) is 38.0 Å². The molecule has 1 aliphatic rings. The van der Waals surface area contributed by atoms with Gasteiger partial charge < -0.3 is 15.1 Å². The third kappa shape index (κ3) is 4.42. The van der Waals surface area contributed by atoms with E-state index in [0.717, 1.165) is 32.7 Å². The third-order valence-corrected chi connectivity index (χ3v) is 4.85. The van der Waals surface area contributed by atoms with Gasteiger partial charge in [-0.15, -0.1) is 0 Å². The molecule has 0 spiro atoms. The molecule has 136 valence electrons. The summed E-state index contributed by atoms with van der Waals surface area (Å²) in [6.45, 7) is 6.44. The number of halogens is 1. The quantitative estimate of drug-likeness (QED) is 0.896. The maximum atomic E-state index is 12.6. The van der Waals surface area contributed by atoms with Crippen LogP contribution in [-0.2, 0) is 0 Å². The number of carbonyl (C=O) groups is 2. The number of benzene rings is 2. The number of nitrogens with zero attached hydrogens (tertiary/aromatic N) is 2. The zero-order valence-corrected chi connectivity index (χ0v) is 15.5. The molecule has 26 heavy (non-hydrogen) atoms. The van der Waals surface area contributed by atoms with Gasteiger partial charge in [0.15, 0.2) is 0 Å². The summed E-state index contributed by atoms with van der Waals surface area (Å²) in [7, 11) is 0. The molecule has 0 bridgehead atoms. The second-order valence-corrected chi connectivity index (χ2v) is 6.70. The lowest BCUT2D eigenvalue weighted by atomic mass is 10.1. The molecule has 0 saturated carbocycles. The Labute approximate surface area is 158 Å². The maximum absolute atomic E-state index is 12.6. The summed E-state index contributed by atoms with van der Waals surface area (Å²) in [5.41, 5.74) is 1.79. The maximum Gasteiger partial charge on any atom is 0.255 e. The first-order chi connectivity index (χ1) is 12.6. The zero-order valence-electron chi connectivity index (χ0n) is 14.7. The molecular weight excluding hydrogens is 350 g/mol. The molecule has 0 atom stereocenters. The fourth-order valence-electron chi connectivity index (χ4n) is 2.95. The van der Waals surface area contributed by atoms with Crippen LogP contribution in [0.15, 0.2) is 48.5 Å². The number of nitrogens with one attached hydrogen (secondary N) is 1. The van der Waals surface area contributed by atoms with Gasteiger partial charge in [-0.2, -0.15) is 0 Å². The Bertz CT molecular complexity index is 767. The largest absolute Gasteiger partial charge is 0.336 e. The molecule has 2 amide bonds. The second-order valence-electron chi connectivity index (χ2n) is 6.26. The van der Waals surface area contributed by atoms with Gasteiger partial charge in [0.1, 0.15) is 0 Å². The van der Waals surface area contributed by atoms with Gasteiger partial charge in [-0.1, -0.05) is 18.5 Å². The van der Waals surface area contributed by atoms with Gasteiger partial charge in [-0.05, 0) is 55.1 Å². The summed E-state index contributed by atoms with van der Waals surface area (Å²) in [5.74, 6) is -0.201. The first-order valence-electron chi connectivity index (χ1n) is 8.75. The van der Waals surface area contributed by atoms with Crippen LogP contribution in [0.1, 0.15) is 27.6 Å². The molecule has 0 aromatic heterocycles. The van der Waals surface area contributed by atoms with Crippen molar-refractivity contribution >= 4 is 29.1 Å². The lowest BCUT2D eigenvalue weighted by molar-refractivity contribution is 0.0643. The first-order valence-corrected chi connectivity index (χ1v) is 9.13. The summed E-state index contributed by atoms with van der Waals surface area (Å²) >= 11 is 5.84. The number of hydrogen-bond donors (Lipinski definition) is 1. The number of carbonyl (C=O) groups excluding carboxylic acids is 2. The molecule has 0 unspecified atom stereocenters. The third-order valence-electron chi connectivity index (χ3n) is 4.60. The van der Waals surface area contributed by atoms with Crippen LogP contribution < -0.4 is 5.32 Å². The van der Waals surface area contributed by atoms with Crippen LogP contribution in [0.4, 0.5) is 5.69 Å². The molecule has 1 heterocycles. The molecule has 0 aliphatic carbocycles. The average Bonchev–Trinajstić information content (AvgIpc) is 2.69. The van der Waals surface area contributed by atoms with Gasteiger partial charge in [-0.25, -0.2) is 0 Å². The standard InChI is InChI=1S/C20H22ClN3O2/c1-2-23-11-13-24(14-12-23)20(26)16-5-3-15(4-6-16)19(25)22-18-9-7-17(21)8-10-18/h3-10H,2,11-14H2,1H3,(H,22,25). The normalized spacial score (nSPS) is 14.9. The van der Waals surface area contributed by atoms with Gasteiger partial charge in [0, 0.05) is 48.0 Å². The van der Waals surface area contributed by atoms with Gasteiger partial charge in [-0.3, -0.25) is 9.59 Å². The molecule has 2 aromatic carbocycles. The zero-order chi connectivity index (χ0) is 18.5. The Hall–Kier alpha value is -2.37. The minimum absolute atomic E-state index is 0.0189. The molecule has 6 heteroatoms. The predicted molar refractivity (Wildman–Crippen MR) is 104 cm³/mol. The summed E-state index contributed by atoms with van der Waals surface area (Å²) in [6, 6.07) is 13.7. The molecule has 0 radical (unpaired) electrons. The molecule has 1 N–H and O–H groups in total. The van der Waals surface area contributed by atoms with Crippen molar-refractivity contribution in [2.24, 2.45) is 0 Å². The fraction of sp³-hybridized carbons (Fsp3) is 0.300. The Morgan fingerprint density at radius 2 is 1.50 bits per heavy atom. The van der Waals surface area contributed by atoms with Crippen molar-refractivity contribution in [3.63, 3.8) is 0 Å². The highest BCUT2D eigenvalue weighted by molar-refractivity contribution is 6.30. The number of hydrogen-bond acceptors (Lipinski definition) is 3. The Kier molecular flexibility index (Phi) is 5.91. The summed E-state index contributed by atoms with van der Waals surface area (Å²) in [6.07, 6.45) is 0. The predicted octanol–water partition coefficient (Wildman–Crippen LogP) is 3.37. The van der Waals surface area contributed by atoms with Crippen LogP contribution >= 0.6 is 11.6 Å². The van der Waals surface area contributed by atoms with Crippen LogP contribution in [0.2, 0.25) is 5.02 Å². The van der Waals surface area contributed by atoms with E-state index in [0.29, 0.717) is 21.8 Å². The minimum atomic E-state index is -0.220. The van der Waals surface area contributed by atoms with E-state index in [2.05, 4.69) is 17.1 Å². The Morgan fingerprint density at radius 1 is 0.923 bits per heavy atom. The van der Waals surface area contributed by atoms with Crippen molar-refractivity contribution < 1.29 is 9.59 Å². The van der Waals surface area contributed by atoms with Crippen molar-refractivity contribution in [1.82, 2.24) is 9.80 Å². The van der Waals surface area contributed by atoms with Crippen molar-refractivity contribution in [2.45, 2.75) is 6.92 Å². The van der Waals surface area contributed by atoms with Crippen LogP contribution in [0.25, 0.3) is 0 Å². The second kappa shape index (κ2) is 8.34. The molecule has 1 aliphatic heterocycles. The van der Waals surface area contributed by atoms with E-state index < -0.39 is 0 Å². The lowest BCUT2D eigenvalue weighted by Crippen LogP contribution is -2.48. The van der Waals surface area contributed by atoms with E-state index in [1.807, 2.05) is 4.90 Å².